The van der Waals surface area contributed by atoms with Crippen LogP contribution in [0.25, 0.3) is 0 Å². The third-order valence-corrected chi connectivity index (χ3v) is 5.80. The van der Waals surface area contributed by atoms with Gasteiger partial charge in [0.05, 0.1) is 16.5 Å². The molecule has 2 aromatic rings. The van der Waals surface area contributed by atoms with E-state index in [-0.39, 0.29) is 23.4 Å². The second-order valence-electron chi connectivity index (χ2n) is 7.04. The largest absolute Gasteiger partial charge is 0.388 e. The summed E-state index contributed by atoms with van der Waals surface area (Å²) in [6.07, 6.45) is 2.50. The maximum absolute atomic E-state index is 12.5. The molecular weight excluding hydrogens is 365 g/mol. The van der Waals surface area contributed by atoms with Crippen LogP contribution in [0.1, 0.15) is 26.7 Å². The maximum Gasteiger partial charge on any atom is 0.240 e. The summed E-state index contributed by atoms with van der Waals surface area (Å²) in [5.41, 5.74) is -0.174. The Morgan fingerprint density at radius 2 is 2.11 bits per heavy atom. The van der Waals surface area contributed by atoms with Crippen LogP contribution in [0.2, 0.25) is 0 Å². The van der Waals surface area contributed by atoms with Crippen LogP contribution >= 0.6 is 0 Å². The molecule has 0 aliphatic carbocycles. The summed E-state index contributed by atoms with van der Waals surface area (Å²) in [6, 6.07) is 6.02. The summed E-state index contributed by atoms with van der Waals surface area (Å²) in [6.45, 7) is 3.61. The Morgan fingerprint density at radius 1 is 1.33 bits per heavy atom. The van der Waals surface area contributed by atoms with Crippen molar-refractivity contribution in [3.8, 4) is 0 Å². The number of rotatable bonds is 1. The van der Waals surface area contributed by atoms with E-state index in [1.807, 2.05) is 0 Å². The smallest absolute Gasteiger partial charge is 0.240 e. The number of sulfonamides is 1. The molecule has 3 rings (SSSR count). The van der Waals surface area contributed by atoms with Gasteiger partial charge < -0.3 is 15.7 Å². The normalized spacial score (nSPS) is 20.0. The maximum atomic E-state index is 12.5. The van der Waals surface area contributed by atoms with Crippen LogP contribution in [-0.4, -0.2) is 49.5 Å². The van der Waals surface area contributed by atoms with Crippen molar-refractivity contribution >= 4 is 40.8 Å². The van der Waals surface area contributed by atoms with Crippen molar-refractivity contribution < 1.29 is 13.5 Å². The highest BCUT2D eigenvalue weighted by atomic mass is 32.2. The molecule has 8 nitrogen and oxygen atoms in total. The fourth-order valence-electron chi connectivity index (χ4n) is 2.80. The minimum atomic E-state index is -3.63. The Labute approximate surface area is 160 Å². The summed E-state index contributed by atoms with van der Waals surface area (Å²) in [5, 5.41) is 16.6. The predicted octanol–water partition coefficient (Wildman–Crippen LogP) is 0.637. The first-order chi connectivity index (χ1) is 12.6. The molecule has 0 saturated carbocycles. The summed E-state index contributed by atoms with van der Waals surface area (Å²) >= 11 is 0. The Kier molecular flexibility index (Phi) is 5.41. The van der Waals surface area contributed by atoms with Crippen molar-refractivity contribution in [1.29, 1.82) is 0 Å². The lowest BCUT2D eigenvalue weighted by Crippen LogP contribution is -2.43. The lowest BCUT2D eigenvalue weighted by molar-refractivity contribution is 0.0557. The molecule has 1 unspecified atom stereocenters. The Hall–Kier alpha value is -2.17. The van der Waals surface area contributed by atoms with Gasteiger partial charge in [0.2, 0.25) is 16.0 Å². The molecule has 1 aromatic carbocycles. The molecule has 1 aliphatic rings. The molecule has 10 heteroatoms. The molecular formula is C17H22BN5O3S. The molecule has 0 amide bonds. The van der Waals surface area contributed by atoms with Gasteiger partial charge in [0.1, 0.15) is 13.7 Å². The molecule has 2 radical (unpaired) electrons. The topological polar surface area (TPSA) is 116 Å². The number of nitrogens with one attached hydrogen (secondary N) is 3. The van der Waals surface area contributed by atoms with Gasteiger partial charge in [-0.25, -0.2) is 18.1 Å². The van der Waals surface area contributed by atoms with E-state index in [1.54, 1.807) is 26.0 Å². The summed E-state index contributed by atoms with van der Waals surface area (Å²) in [5.74, 6) is 0.675. The van der Waals surface area contributed by atoms with Crippen molar-refractivity contribution in [3.05, 3.63) is 30.5 Å². The molecule has 27 heavy (non-hydrogen) atoms. The average molecular weight is 387 g/mol. The first-order valence-electron chi connectivity index (χ1n) is 8.63. The fourth-order valence-corrected chi connectivity index (χ4v) is 3.92. The highest BCUT2D eigenvalue weighted by Gasteiger charge is 2.27. The van der Waals surface area contributed by atoms with Gasteiger partial charge >= 0.3 is 0 Å². The Balaban J connectivity index is 2.03. The first kappa shape index (κ1) is 19.6. The number of aromatic nitrogens is 2. The average Bonchev–Trinajstić information content (AvgIpc) is 2.59. The third-order valence-electron chi connectivity index (χ3n) is 4.34. The molecule has 1 atom stereocenters. The molecule has 0 fully saturated rings. The van der Waals surface area contributed by atoms with Crippen molar-refractivity contribution in [2.45, 2.75) is 43.2 Å². The van der Waals surface area contributed by atoms with E-state index in [0.29, 0.717) is 29.8 Å². The van der Waals surface area contributed by atoms with E-state index in [4.69, 9.17) is 7.85 Å². The molecule has 0 saturated heterocycles. The van der Waals surface area contributed by atoms with Gasteiger partial charge in [0.25, 0.3) is 0 Å². The summed E-state index contributed by atoms with van der Waals surface area (Å²) in [4.78, 5) is 8.67. The Bertz CT molecular complexity index is 930. The summed E-state index contributed by atoms with van der Waals surface area (Å²) in [7, 11) is 2.35. The summed E-state index contributed by atoms with van der Waals surface area (Å²) < 4.78 is 27.6. The van der Waals surface area contributed by atoms with Crippen molar-refractivity contribution in [1.82, 2.24) is 14.7 Å². The van der Waals surface area contributed by atoms with Crippen LogP contribution < -0.4 is 20.8 Å². The van der Waals surface area contributed by atoms with Crippen LogP contribution in [0, 0.1) is 0 Å². The second kappa shape index (κ2) is 7.45. The lowest BCUT2D eigenvalue weighted by atomic mass is 9.93. The zero-order valence-electron chi connectivity index (χ0n) is 15.2. The molecule has 2 heterocycles. The monoisotopic (exact) mass is 387 g/mol. The van der Waals surface area contributed by atoms with Crippen LogP contribution in [0.5, 0.6) is 0 Å². The molecule has 1 aromatic heterocycles. The number of nitrogens with zero attached hydrogens (tertiary/aromatic N) is 2. The Morgan fingerprint density at radius 3 is 2.85 bits per heavy atom. The minimum Gasteiger partial charge on any atom is -0.388 e. The van der Waals surface area contributed by atoms with E-state index >= 15 is 0 Å². The number of anilines is 3. The predicted molar refractivity (Wildman–Crippen MR) is 105 cm³/mol. The molecule has 1 aliphatic heterocycles. The van der Waals surface area contributed by atoms with E-state index in [1.165, 1.54) is 18.3 Å². The van der Waals surface area contributed by atoms with Gasteiger partial charge in [-0.05, 0) is 50.4 Å². The van der Waals surface area contributed by atoms with Crippen LogP contribution in [0.15, 0.2) is 35.4 Å². The number of hydrogen-bond donors (Lipinski definition) is 4. The van der Waals surface area contributed by atoms with E-state index in [0.717, 1.165) is 0 Å². The zero-order chi connectivity index (χ0) is 19.7. The number of fused-ring (bicyclic) bond motifs is 4. The van der Waals surface area contributed by atoms with Crippen LogP contribution in [0.3, 0.4) is 0 Å². The van der Waals surface area contributed by atoms with Gasteiger partial charge in [0, 0.05) is 18.4 Å². The van der Waals surface area contributed by atoms with Crippen molar-refractivity contribution in [2.75, 3.05) is 17.2 Å². The van der Waals surface area contributed by atoms with Crippen molar-refractivity contribution in [2.24, 2.45) is 0 Å². The molecule has 4 bridgehead atoms. The van der Waals surface area contributed by atoms with Crippen molar-refractivity contribution in [3.63, 3.8) is 0 Å². The standard InChI is InChI=1S/C17H22BN5O3S/c1-17(2,24)14-7-4-8-20-27(25,26)12-6-3-5-11(9-12)21-16-19-10-13(18)15(22-14)23-16/h3,5-6,9-10,14,20,24H,4,7-8H2,1-2H3,(H2,19,21,22,23). The van der Waals surface area contributed by atoms with Gasteiger partial charge in [-0.1, -0.05) is 6.07 Å². The number of benzene rings is 1. The van der Waals surface area contributed by atoms with Gasteiger partial charge in [-0.3, -0.25) is 0 Å². The van der Waals surface area contributed by atoms with Gasteiger partial charge in [-0.15, -0.1) is 0 Å². The highest BCUT2D eigenvalue weighted by Crippen LogP contribution is 2.21. The lowest BCUT2D eigenvalue weighted by Gasteiger charge is -2.31. The van der Waals surface area contributed by atoms with Gasteiger partial charge in [0.15, 0.2) is 0 Å². The zero-order valence-corrected chi connectivity index (χ0v) is 16.0. The number of aliphatic hydroxyl groups is 1. The fraction of sp³-hybridized carbons (Fsp3) is 0.412. The highest BCUT2D eigenvalue weighted by molar-refractivity contribution is 7.89. The second-order valence-corrected chi connectivity index (χ2v) is 8.81. The molecule has 4 N–H and O–H groups in total. The van der Waals surface area contributed by atoms with Crippen LogP contribution in [-0.2, 0) is 10.0 Å². The van der Waals surface area contributed by atoms with Crippen LogP contribution in [0.4, 0.5) is 17.5 Å². The van der Waals surface area contributed by atoms with E-state index in [2.05, 4.69) is 25.3 Å². The third kappa shape index (κ3) is 4.76. The van der Waals surface area contributed by atoms with Gasteiger partial charge in [-0.2, -0.15) is 4.98 Å². The quantitative estimate of drug-likeness (QED) is 0.531. The van der Waals surface area contributed by atoms with E-state index < -0.39 is 15.6 Å². The first-order valence-corrected chi connectivity index (χ1v) is 10.1. The molecule has 0 spiro atoms. The van der Waals surface area contributed by atoms with E-state index in [9.17, 15) is 13.5 Å². The molecule has 142 valence electrons. The SMILES string of the molecule is [B]c1cnc2nc1NC(C(C)(C)O)CCCNS(=O)(=O)c1cccc(c1)N2. The number of hydrogen-bond acceptors (Lipinski definition) is 7. The minimum absolute atomic E-state index is 0.150.